The number of carbonyl (C=O) groups excluding carboxylic acids is 1. The van der Waals surface area contributed by atoms with Crippen LogP contribution in [0.15, 0.2) is 18.2 Å². The first-order chi connectivity index (χ1) is 9.69. The van der Waals surface area contributed by atoms with Gasteiger partial charge in [0.15, 0.2) is 0 Å². The molecule has 3 N–H and O–H groups in total. The van der Waals surface area contributed by atoms with E-state index in [0.29, 0.717) is 17.9 Å². The Morgan fingerprint density at radius 1 is 1.40 bits per heavy atom. The van der Waals surface area contributed by atoms with Crippen molar-refractivity contribution in [1.29, 1.82) is 0 Å². The molecule has 0 bridgehead atoms. The van der Waals surface area contributed by atoms with Crippen LogP contribution in [0.4, 0.5) is 10.1 Å². The molecule has 0 heterocycles. The fourth-order valence-electron chi connectivity index (χ4n) is 2.53. The third-order valence-electron chi connectivity index (χ3n) is 3.53. The van der Waals surface area contributed by atoms with Gasteiger partial charge >= 0.3 is 0 Å². The molecule has 1 amide bonds. The number of hydrogen-bond acceptors (Lipinski definition) is 2. The summed E-state index contributed by atoms with van der Waals surface area (Å²) in [6.07, 6.45) is 5.07. The van der Waals surface area contributed by atoms with E-state index < -0.39 is 5.82 Å². The lowest BCUT2D eigenvalue weighted by atomic mass is 10.0. The Hall–Kier alpha value is -1.86. The van der Waals surface area contributed by atoms with Crippen molar-refractivity contribution in [3.05, 3.63) is 29.6 Å². The highest BCUT2D eigenvalue weighted by molar-refractivity contribution is 5.91. The van der Waals surface area contributed by atoms with Gasteiger partial charge in [-0.15, -0.1) is 0 Å². The fourth-order valence-corrected chi connectivity index (χ4v) is 2.53. The monoisotopic (exact) mass is 274 g/mol. The highest BCUT2D eigenvalue weighted by atomic mass is 19.1. The lowest BCUT2D eigenvalue weighted by molar-refractivity contribution is -0.117. The molecule has 4 heteroatoms. The Labute approximate surface area is 118 Å². The molecule has 0 saturated heterocycles. The molecule has 0 atom stereocenters. The average Bonchev–Trinajstić information content (AvgIpc) is 2.92. The minimum absolute atomic E-state index is 0.114. The Balaban J connectivity index is 1.96. The highest BCUT2D eigenvalue weighted by Gasteiger charge is 2.19. The molecule has 1 fully saturated rings. The zero-order chi connectivity index (χ0) is 14.4. The van der Waals surface area contributed by atoms with Crippen LogP contribution in [0, 0.1) is 23.6 Å². The number of nitrogens with one attached hydrogen (secondary N) is 1. The highest BCUT2D eigenvalue weighted by Crippen LogP contribution is 2.28. The van der Waals surface area contributed by atoms with E-state index in [2.05, 4.69) is 17.2 Å². The number of carbonyl (C=O) groups is 1. The summed E-state index contributed by atoms with van der Waals surface area (Å²) in [5, 5.41) is 2.63. The molecule has 1 aromatic carbocycles. The van der Waals surface area contributed by atoms with E-state index in [9.17, 15) is 9.18 Å². The Morgan fingerprint density at radius 2 is 2.15 bits per heavy atom. The second kappa shape index (κ2) is 7.06. The number of rotatable bonds is 3. The van der Waals surface area contributed by atoms with Gasteiger partial charge in [-0.3, -0.25) is 4.79 Å². The molecule has 3 nitrogen and oxygen atoms in total. The minimum Gasteiger partial charge on any atom is -0.324 e. The molecule has 1 aliphatic rings. The van der Waals surface area contributed by atoms with Crippen LogP contribution >= 0.6 is 0 Å². The summed E-state index contributed by atoms with van der Waals surface area (Å²) >= 11 is 0. The maximum absolute atomic E-state index is 13.8. The van der Waals surface area contributed by atoms with Crippen molar-refractivity contribution < 1.29 is 9.18 Å². The number of halogens is 1. The van der Waals surface area contributed by atoms with E-state index in [0.717, 1.165) is 12.8 Å². The molecule has 0 radical (unpaired) electrons. The van der Waals surface area contributed by atoms with Gasteiger partial charge in [-0.1, -0.05) is 24.7 Å². The van der Waals surface area contributed by atoms with E-state index in [1.54, 1.807) is 12.1 Å². The van der Waals surface area contributed by atoms with Gasteiger partial charge in [-0.25, -0.2) is 4.39 Å². The first-order valence-electron chi connectivity index (χ1n) is 6.97. The summed E-state index contributed by atoms with van der Waals surface area (Å²) in [6, 6.07) is 4.53. The maximum atomic E-state index is 13.8. The quantitative estimate of drug-likeness (QED) is 0.833. The lowest BCUT2D eigenvalue weighted by Crippen LogP contribution is -2.16. The van der Waals surface area contributed by atoms with E-state index in [-0.39, 0.29) is 18.1 Å². The molecular weight excluding hydrogens is 255 g/mol. The number of benzene rings is 1. The van der Waals surface area contributed by atoms with Crippen LogP contribution in [0.1, 0.15) is 37.7 Å². The molecule has 1 saturated carbocycles. The van der Waals surface area contributed by atoms with Crippen molar-refractivity contribution in [3.8, 4) is 11.8 Å². The van der Waals surface area contributed by atoms with Crippen LogP contribution in [-0.4, -0.2) is 12.5 Å². The molecule has 1 aromatic rings. The minimum atomic E-state index is -0.464. The van der Waals surface area contributed by atoms with Gasteiger partial charge in [-0.05, 0) is 37.0 Å². The summed E-state index contributed by atoms with van der Waals surface area (Å²) in [6.45, 7) is 0.238. The topological polar surface area (TPSA) is 55.1 Å². The maximum Gasteiger partial charge on any atom is 0.224 e. The standard InChI is InChI=1S/C16H19FN2O/c17-14-10-13(6-3-9-18)7-8-15(14)19-16(20)11-12-4-1-2-5-12/h7-8,10,12H,1-2,4-5,9,11,18H2,(H,19,20). The largest absolute Gasteiger partial charge is 0.324 e. The molecule has 0 spiro atoms. The van der Waals surface area contributed by atoms with Crippen LogP contribution in [0.25, 0.3) is 0 Å². The van der Waals surface area contributed by atoms with Crippen molar-refractivity contribution in [2.75, 3.05) is 11.9 Å². The first kappa shape index (κ1) is 14.5. The van der Waals surface area contributed by atoms with Gasteiger partial charge in [0.25, 0.3) is 0 Å². The van der Waals surface area contributed by atoms with Gasteiger partial charge in [0.05, 0.1) is 12.2 Å². The van der Waals surface area contributed by atoms with Gasteiger partial charge in [0.1, 0.15) is 5.82 Å². The van der Waals surface area contributed by atoms with Crippen LogP contribution in [0.3, 0.4) is 0 Å². The second-order valence-corrected chi connectivity index (χ2v) is 5.10. The Bertz CT molecular complexity index is 539. The lowest BCUT2D eigenvalue weighted by Gasteiger charge is -2.10. The van der Waals surface area contributed by atoms with Crippen LogP contribution in [-0.2, 0) is 4.79 Å². The zero-order valence-corrected chi connectivity index (χ0v) is 11.4. The van der Waals surface area contributed by atoms with Gasteiger partial charge in [0, 0.05) is 12.0 Å². The summed E-state index contributed by atoms with van der Waals surface area (Å²) < 4.78 is 13.8. The van der Waals surface area contributed by atoms with Crippen molar-refractivity contribution in [2.45, 2.75) is 32.1 Å². The van der Waals surface area contributed by atoms with Crippen LogP contribution < -0.4 is 11.1 Å². The van der Waals surface area contributed by atoms with Crippen molar-refractivity contribution in [3.63, 3.8) is 0 Å². The van der Waals surface area contributed by atoms with Crippen LogP contribution in [0.5, 0.6) is 0 Å². The molecule has 0 aromatic heterocycles. The molecule has 1 aliphatic carbocycles. The van der Waals surface area contributed by atoms with Gasteiger partial charge < -0.3 is 11.1 Å². The van der Waals surface area contributed by atoms with Crippen LogP contribution in [0.2, 0.25) is 0 Å². The normalized spacial score (nSPS) is 14.7. The number of amides is 1. The van der Waals surface area contributed by atoms with Crippen molar-refractivity contribution >= 4 is 11.6 Å². The summed E-state index contributed by atoms with van der Waals surface area (Å²) in [4.78, 5) is 11.9. The van der Waals surface area contributed by atoms with E-state index in [4.69, 9.17) is 5.73 Å². The molecule has 106 valence electrons. The summed E-state index contributed by atoms with van der Waals surface area (Å²) in [5.74, 6) is 5.29. The first-order valence-corrected chi connectivity index (χ1v) is 6.97. The van der Waals surface area contributed by atoms with Crippen molar-refractivity contribution in [2.24, 2.45) is 11.7 Å². The number of hydrogen-bond donors (Lipinski definition) is 2. The molecule has 0 unspecified atom stereocenters. The molecule has 2 rings (SSSR count). The fraction of sp³-hybridized carbons (Fsp3) is 0.438. The summed E-state index contributed by atoms with van der Waals surface area (Å²) in [5.41, 5.74) is 6.03. The molecule has 0 aliphatic heterocycles. The Morgan fingerprint density at radius 3 is 2.80 bits per heavy atom. The van der Waals surface area contributed by atoms with Crippen molar-refractivity contribution in [1.82, 2.24) is 0 Å². The Kier molecular flexibility index (Phi) is 5.14. The zero-order valence-electron chi connectivity index (χ0n) is 11.4. The molecule has 20 heavy (non-hydrogen) atoms. The second-order valence-electron chi connectivity index (χ2n) is 5.10. The number of nitrogens with two attached hydrogens (primary N) is 1. The average molecular weight is 274 g/mol. The predicted molar refractivity (Wildman–Crippen MR) is 77.5 cm³/mol. The third kappa shape index (κ3) is 4.07. The SMILES string of the molecule is NCC#Cc1ccc(NC(=O)CC2CCCC2)c(F)c1. The number of anilines is 1. The third-order valence-corrected chi connectivity index (χ3v) is 3.53. The van der Waals surface area contributed by atoms with E-state index in [1.165, 1.54) is 18.9 Å². The summed E-state index contributed by atoms with van der Waals surface area (Å²) in [7, 11) is 0. The van der Waals surface area contributed by atoms with Gasteiger partial charge in [-0.2, -0.15) is 0 Å². The predicted octanol–water partition coefficient (Wildman–Crippen LogP) is 2.65. The van der Waals surface area contributed by atoms with Gasteiger partial charge in [0.2, 0.25) is 5.91 Å². The molecular formula is C16H19FN2O. The van der Waals surface area contributed by atoms with E-state index >= 15 is 0 Å². The smallest absolute Gasteiger partial charge is 0.224 e. The van der Waals surface area contributed by atoms with E-state index in [1.807, 2.05) is 0 Å².